The normalized spacial score (nSPS) is 17.0. The van der Waals surface area contributed by atoms with Gasteiger partial charge in [-0.25, -0.2) is 14.5 Å². The van der Waals surface area contributed by atoms with Crippen LogP contribution in [0.4, 0.5) is 0 Å². The number of fused-ring (bicyclic) bond motifs is 3. The Balaban J connectivity index is 1.72. The fraction of sp³-hybridized carbons (Fsp3) is 0.400. The Kier molecular flexibility index (Phi) is 2.85. The van der Waals surface area contributed by atoms with Crippen molar-refractivity contribution >= 4 is 16.6 Å². The number of rotatable bonds is 2. The summed E-state index contributed by atoms with van der Waals surface area (Å²) in [5, 5.41) is 5.62. The van der Waals surface area contributed by atoms with Gasteiger partial charge in [-0.15, -0.1) is 5.10 Å². The lowest BCUT2D eigenvalue weighted by Crippen LogP contribution is -2.29. The SMILES string of the molecule is c1ccc2c(c1)ncn1nc(CN3CCCCC3)nc21. The number of piperidine rings is 1. The first-order valence-corrected chi connectivity index (χ1v) is 7.21. The van der Waals surface area contributed by atoms with Crippen molar-refractivity contribution < 1.29 is 0 Å². The Morgan fingerprint density at radius 3 is 2.80 bits per heavy atom. The summed E-state index contributed by atoms with van der Waals surface area (Å²) in [6.07, 6.45) is 5.68. The van der Waals surface area contributed by atoms with Gasteiger partial charge in [0.15, 0.2) is 11.5 Å². The van der Waals surface area contributed by atoms with E-state index in [1.54, 1.807) is 10.8 Å². The van der Waals surface area contributed by atoms with Gasteiger partial charge in [0.2, 0.25) is 0 Å². The third kappa shape index (κ3) is 2.04. The summed E-state index contributed by atoms with van der Waals surface area (Å²) in [7, 11) is 0. The maximum absolute atomic E-state index is 4.71. The lowest BCUT2D eigenvalue weighted by atomic mass is 10.1. The van der Waals surface area contributed by atoms with Gasteiger partial charge in [0.1, 0.15) is 6.33 Å². The monoisotopic (exact) mass is 267 g/mol. The van der Waals surface area contributed by atoms with Gasteiger partial charge in [-0.2, -0.15) is 0 Å². The fourth-order valence-electron chi connectivity index (χ4n) is 2.91. The van der Waals surface area contributed by atoms with Crippen LogP contribution in [-0.4, -0.2) is 37.6 Å². The van der Waals surface area contributed by atoms with E-state index in [0.717, 1.165) is 42.0 Å². The molecule has 1 saturated heterocycles. The van der Waals surface area contributed by atoms with Gasteiger partial charge < -0.3 is 0 Å². The number of likely N-dealkylation sites (tertiary alicyclic amines) is 1. The Bertz CT molecular complexity index is 742. The zero-order valence-electron chi connectivity index (χ0n) is 11.4. The van der Waals surface area contributed by atoms with Crippen LogP contribution in [0.1, 0.15) is 25.1 Å². The van der Waals surface area contributed by atoms with Crippen molar-refractivity contribution in [2.45, 2.75) is 25.8 Å². The molecule has 0 N–H and O–H groups in total. The molecule has 1 fully saturated rings. The minimum Gasteiger partial charge on any atom is -0.296 e. The molecule has 0 saturated carbocycles. The van der Waals surface area contributed by atoms with Crippen molar-refractivity contribution in [1.29, 1.82) is 0 Å². The largest absolute Gasteiger partial charge is 0.296 e. The third-order valence-corrected chi connectivity index (χ3v) is 3.94. The average molecular weight is 267 g/mol. The highest BCUT2D eigenvalue weighted by atomic mass is 15.3. The molecule has 3 heterocycles. The summed E-state index contributed by atoms with van der Waals surface area (Å²) in [6, 6.07) is 8.07. The Labute approximate surface area is 117 Å². The van der Waals surface area contributed by atoms with Crippen molar-refractivity contribution in [3.63, 3.8) is 0 Å². The minimum atomic E-state index is 0.843. The first kappa shape index (κ1) is 11.8. The molecule has 0 amide bonds. The predicted molar refractivity (Wildman–Crippen MR) is 77.4 cm³/mol. The van der Waals surface area contributed by atoms with Gasteiger partial charge in [-0.1, -0.05) is 18.6 Å². The molecule has 1 aliphatic rings. The van der Waals surface area contributed by atoms with Crippen LogP contribution < -0.4 is 0 Å². The van der Waals surface area contributed by atoms with Crippen molar-refractivity contribution in [1.82, 2.24) is 24.5 Å². The van der Waals surface area contributed by atoms with Gasteiger partial charge >= 0.3 is 0 Å². The second-order valence-electron chi connectivity index (χ2n) is 5.39. The summed E-state index contributed by atoms with van der Waals surface area (Å²) in [4.78, 5) is 11.6. The summed E-state index contributed by atoms with van der Waals surface area (Å²) < 4.78 is 1.79. The number of hydrogen-bond donors (Lipinski definition) is 0. The highest BCUT2D eigenvalue weighted by Gasteiger charge is 2.14. The molecular formula is C15H17N5. The zero-order valence-corrected chi connectivity index (χ0v) is 11.4. The van der Waals surface area contributed by atoms with Gasteiger partial charge in [0, 0.05) is 5.39 Å². The molecule has 1 aliphatic heterocycles. The van der Waals surface area contributed by atoms with E-state index in [9.17, 15) is 0 Å². The molecule has 5 nitrogen and oxygen atoms in total. The Morgan fingerprint density at radius 2 is 1.90 bits per heavy atom. The molecule has 0 bridgehead atoms. The summed E-state index contributed by atoms with van der Waals surface area (Å²) >= 11 is 0. The molecule has 102 valence electrons. The van der Waals surface area contributed by atoms with Crippen molar-refractivity contribution in [3.05, 3.63) is 36.4 Å². The lowest BCUT2D eigenvalue weighted by molar-refractivity contribution is 0.216. The Morgan fingerprint density at radius 1 is 1.05 bits per heavy atom. The number of nitrogens with zero attached hydrogens (tertiary/aromatic N) is 5. The molecular weight excluding hydrogens is 250 g/mol. The van der Waals surface area contributed by atoms with E-state index in [0.29, 0.717) is 0 Å². The van der Waals surface area contributed by atoms with Crippen LogP contribution in [-0.2, 0) is 6.54 Å². The van der Waals surface area contributed by atoms with E-state index < -0.39 is 0 Å². The van der Waals surface area contributed by atoms with E-state index in [1.807, 2.05) is 18.2 Å². The average Bonchev–Trinajstić information content (AvgIpc) is 2.91. The molecule has 5 heteroatoms. The summed E-state index contributed by atoms with van der Waals surface area (Å²) in [5.74, 6) is 0.894. The number of benzene rings is 1. The molecule has 2 aromatic heterocycles. The van der Waals surface area contributed by atoms with Crippen LogP contribution >= 0.6 is 0 Å². The van der Waals surface area contributed by atoms with Crippen LogP contribution in [0.15, 0.2) is 30.6 Å². The third-order valence-electron chi connectivity index (χ3n) is 3.94. The maximum Gasteiger partial charge on any atom is 0.166 e. The van der Waals surface area contributed by atoms with Gasteiger partial charge in [-0.05, 0) is 38.1 Å². The summed E-state index contributed by atoms with van der Waals surface area (Å²) in [6.45, 7) is 3.17. The first-order valence-electron chi connectivity index (χ1n) is 7.21. The predicted octanol–water partition coefficient (Wildman–Crippen LogP) is 2.26. The fourth-order valence-corrected chi connectivity index (χ4v) is 2.91. The number of aromatic nitrogens is 4. The smallest absolute Gasteiger partial charge is 0.166 e. The number of para-hydroxylation sites is 1. The molecule has 0 unspecified atom stereocenters. The molecule has 0 spiro atoms. The van der Waals surface area contributed by atoms with Crippen molar-refractivity contribution in [3.8, 4) is 0 Å². The summed E-state index contributed by atoms with van der Waals surface area (Å²) in [5.41, 5.74) is 1.87. The molecule has 1 aromatic carbocycles. The second-order valence-corrected chi connectivity index (χ2v) is 5.39. The van der Waals surface area contributed by atoms with E-state index in [-0.39, 0.29) is 0 Å². The quantitative estimate of drug-likeness (QED) is 0.714. The molecule has 4 rings (SSSR count). The molecule has 0 aliphatic carbocycles. The maximum atomic E-state index is 4.71. The second kappa shape index (κ2) is 4.83. The highest BCUT2D eigenvalue weighted by Crippen LogP contribution is 2.17. The van der Waals surface area contributed by atoms with Crippen LogP contribution in [0, 0.1) is 0 Å². The van der Waals surface area contributed by atoms with Gasteiger partial charge in [0.25, 0.3) is 0 Å². The van der Waals surface area contributed by atoms with Crippen LogP contribution in [0.2, 0.25) is 0 Å². The molecule has 0 atom stereocenters. The van der Waals surface area contributed by atoms with Crippen molar-refractivity contribution in [2.75, 3.05) is 13.1 Å². The van der Waals surface area contributed by atoms with Crippen LogP contribution in [0.25, 0.3) is 16.6 Å². The molecule has 0 radical (unpaired) electrons. The van der Waals surface area contributed by atoms with Crippen molar-refractivity contribution in [2.24, 2.45) is 0 Å². The first-order chi connectivity index (χ1) is 9.90. The zero-order chi connectivity index (χ0) is 13.4. The topological polar surface area (TPSA) is 46.3 Å². The van der Waals surface area contributed by atoms with Crippen LogP contribution in [0.5, 0.6) is 0 Å². The van der Waals surface area contributed by atoms with Gasteiger partial charge in [0.05, 0.1) is 12.1 Å². The van der Waals surface area contributed by atoms with Crippen LogP contribution in [0.3, 0.4) is 0 Å². The molecule has 20 heavy (non-hydrogen) atoms. The van der Waals surface area contributed by atoms with E-state index >= 15 is 0 Å². The standard InChI is InChI=1S/C15H17N5/c1-4-8-19(9-5-1)10-14-17-15-12-6-2-3-7-13(12)16-11-20(15)18-14/h2-3,6-7,11H,1,4-5,8-10H2. The van der Waals surface area contributed by atoms with E-state index in [1.165, 1.54) is 19.3 Å². The lowest BCUT2D eigenvalue weighted by Gasteiger charge is -2.24. The molecule has 3 aromatic rings. The van der Waals surface area contributed by atoms with E-state index in [4.69, 9.17) is 4.98 Å². The highest BCUT2D eigenvalue weighted by molar-refractivity contribution is 5.90. The number of hydrogen-bond acceptors (Lipinski definition) is 4. The minimum absolute atomic E-state index is 0.843. The van der Waals surface area contributed by atoms with Gasteiger partial charge in [-0.3, -0.25) is 4.90 Å². The Hall–Kier alpha value is -2.01. The van der Waals surface area contributed by atoms with E-state index in [2.05, 4.69) is 21.0 Å².